The quantitative estimate of drug-likeness (QED) is 0.563. The summed E-state index contributed by atoms with van der Waals surface area (Å²) in [6.45, 7) is 0. The second-order valence-corrected chi connectivity index (χ2v) is 6.54. The molecule has 0 unspecified atom stereocenters. The summed E-state index contributed by atoms with van der Waals surface area (Å²) < 4.78 is 1.55. The fourth-order valence-corrected chi connectivity index (χ4v) is 3.52. The van der Waals surface area contributed by atoms with E-state index in [-0.39, 0.29) is 17.2 Å². The number of carbonyl (C=O) groups is 1. The van der Waals surface area contributed by atoms with Gasteiger partial charge in [0.05, 0.1) is 11.3 Å². The number of aromatic nitrogens is 2. The van der Waals surface area contributed by atoms with Gasteiger partial charge in [0.1, 0.15) is 5.69 Å². The van der Waals surface area contributed by atoms with Crippen LogP contribution in [0.5, 0.6) is 0 Å². The third-order valence-electron chi connectivity index (χ3n) is 4.86. The van der Waals surface area contributed by atoms with Crippen LogP contribution in [-0.4, -0.2) is 20.4 Å². The Hall–Kier alpha value is -3.48. The molecule has 1 aliphatic carbocycles. The Bertz CT molecular complexity index is 1010. The molecular weight excluding hydrogens is 344 g/mol. The average Bonchev–Trinajstić information content (AvgIpc) is 3.22. The van der Waals surface area contributed by atoms with Crippen LogP contribution in [0.4, 0.5) is 11.4 Å². The van der Waals surface area contributed by atoms with Gasteiger partial charge < -0.3 is 9.88 Å². The summed E-state index contributed by atoms with van der Waals surface area (Å²) in [4.78, 5) is 27.6. The minimum absolute atomic E-state index is 0.143. The van der Waals surface area contributed by atoms with Crippen LogP contribution in [0.1, 0.15) is 34.3 Å². The van der Waals surface area contributed by atoms with Gasteiger partial charge in [0.2, 0.25) is 0 Å². The van der Waals surface area contributed by atoms with Gasteiger partial charge in [-0.15, -0.1) is 0 Å². The number of nitrogens with one attached hydrogen (secondary N) is 1. The van der Waals surface area contributed by atoms with E-state index in [0.717, 1.165) is 31.4 Å². The zero-order valence-corrected chi connectivity index (χ0v) is 14.6. The standard InChI is InChI=1S/C20H18N4O3/c25-20(22-17-7-3-5-14-4-1-2-6-16(14)17)15-8-9-18(19(12-15)24(26)27)23-11-10-21-13-23/h3,5,7-13H,1-2,4,6H2,(H,22,25). The molecule has 1 N–H and O–H groups in total. The fourth-order valence-electron chi connectivity index (χ4n) is 3.52. The molecule has 1 heterocycles. The van der Waals surface area contributed by atoms with Crippen LogP contribution in [-0.2, 0) is 12.8 Å². The first-order valence-corrected chi connectivity index (χ1v) is 8.82. The van der Waals surface area contributed by atoms with Crippen LogP contribution in [0.25, 0.3) is 5.69 Å². The summed E-state index contributed by atoms with van der Waals surface area (Å²) >= 11 is 0. The molecule has 3 aromatic rings. The van der Waals surface area contributed by atoms with Crippen molar-refractivity contribution in [2.45, 2.75) is 25.7 Å². The first-order chi connectivity index (χ1) is 13.1. The molecule has 136 valence electrons. The van der Waals surface area contributed by atoms with Crippen molar-refractivity contribution in [3.8, 4) is 5.69 Å². The van der Waals surface area contributed by atoms with Crippen molar-refractivity contribution in [3.63, 3.8) is 0 Å². The molecule has 0 radical (unpaired) electrons. The van der Waals surface area contributed by atoms with Crippen LogP contribution in [0.3, 0.4) is 0 Å². The smallest absolute Gasteiger partial charge is 0.294 e. The van der Waals surface area contributed by atoms with E-state index in [1.807, 2.05) is 12.1 Å². The second kappa shape index (κ2) is 7.03. The van der Waals surface area contributed by atoms with Crippen molar-refractivity contribution in [1.82, 2.24) is 9.55 Å². The molecule has 0 atom stereocenters. The Labute approximate surface area is 155 Å². The van der Waals surface area contributed by atoms with Gasteiger partial charge in [0.15, 0.2) is 0 Å². The lowest BCUT2D eigenvalue weighted by atomic mass is 9.90. The van der Waals surface area contributed by atoms with Crippen molar-refractivity contribution in [1.29, 1.82) is 0 Å². The Morgan fingerprint density at radius 2 is 2.04 bits per heavy atom. The number of nitrogens with zero attached hydrogens (tertiary/aromatic N) is 3. The SMILES string of the molecule is O=C(Nc1cccc2c1CCCC2)c1ccc(-n2ccnc2)c([N+](=O)[O-])c1. The number of amides is 1. The Kier molecular flexibility index (Phi) is 4.42. The second-order valence-electron chi connectivity index (χ2n) is 6.54. The highest BCUT2D eigenvalue weighted by atomic mass is 16.6. The molecule has 7 nitrogen and oxygen atoms in total. The number of carbonyl (C=O) groups excluding carboxylic acids is 1. The molecule has 1 amide bonds. The monoisotopic (exact) mass is 362 g/mol. The first-order valence-electron chi connectivity index (χ1n) is 8.82. The molecule has 0 bridgehead atoms. The minimum Gasteiger partial charge on any atom is -0.322 e. The van der Waals surface area contributed by atoms with E-state index in [1.54, 1.807) is 29.1 Å². The van der Waals surface area contributed by atoms with Gasteiger partial charge >= 0.3 is 0 Å². The number of fused-ring (bicyclic) bond motifs is 1. The highest BCUT2D eigenvalue weighted by Crippen LogP contribution is 2.29. The molecule has 4 rings (SSSR count). The minimum atomic E-state index is -0.490. The van der Waals surface area contributed by atoms with Crippen molar-refractivity contribution in [2.24, 2.45) is 0 Å². The van der Waals surface area contributed by atoms with Crippen molar-refractivity contribution in [2.75, 3.05) is 5.32 Å². The molecular formula is C20H18N4O3. The molecule has 27 heavy (non-hydrogen) atoms. The summed E-state index contributed by atoms with van der Waals surface area (Å²) in [5.74, 6) is -0.353. The summed E-state index contributed by atoms with van der Waals surface area (Å²) in [5.41, 5.74) is 3.70. The number of hydrogen-bond donors (Lipinski definition) is 1. The number of anilines is 1. The van der Waals surface area contributed by atoms with Crippen LogP contribution in [0, 0.1) is 10.1 Å². The van der Waals surface area contributed by atoms with Gasteiger partial charge in [-0.2, -0.15) is 0 Å². The number of nitro groups is 1. The molecule has 0 saturated heterocycles. The predicted octanol–water partition coefficient (Wildman–Crippen LogP) is 3.91. The predicted molar refractivity (Wildman–Crippen MR) is 101 cm³/mol. The number of nitro benzene ring substituents is 1. The maximum Gasteiger partial charge on any atom is 0.294 e. The third kappa shape index (κ3) is 3.31. The molecule has 0 spiro atoms. The maximum absolute atomic E-state index is 12.7. The normalized spacial score (nSPS) is 13.0. The zero-order valence-electron chi connectivity index (χ0n) is 14.6. The summed E-state index contributed by atoms with van der Waals surface area (Å²) in [7, 11) is 0. The van der Waals surface area contributed by atoms with Crippen LogP contribution >= 0.6 is 0 Å². The lowest BCUT2D eigenvalue weighted by Crippen LogP contribution is -2.16. The zero-order chi connectivity index (χ0) is 18.8. The lowest BCUT2D eigenvalue weighted by molar-refractivity contribution is -0.384. The topological polar surface area (TPSA) is 90.1 Å². The number of hydrogen-bond acceptors (Lipinski definition) is 4. The Balaban J connectivity index is 1.65. The van der Waals surface area contributed by atoms with E-state index in [2.05, 4.69) is 16.4 Å². The molecule has 0 aliphatic heterocycles. The lowest BCUT2D eigenvalue weighted by Gasteiger charge is -2.19. The molecule has 2 aromatic carbocycles. The molecule has 1 aromatic heterocycles. The van der Waals surface area contributed by atoms with Gasteiger partial charge in [-0.25, -0.2) is 4.98 Å². The van der Waals surface area contributed by atoms with E-state index < -0.39 is 4.92 Å². The van der Waals surface area contributed by atoms with Crippen molar-refractivity contribution < 1.29 is 9.72 Å². The number of imidazole rings is 1. The molecule has 0 saturated carbocycles. The third-order valence-corrected chi connectivity index (χ3v) is 4.86. The average molecular weight is 362 g/mol. The number of aryl methyl sites for hydroxylation is 1. The number of benzene rings is 2. The highest BCUT2D eigenvalue weighted by Gasteiger charge is 2.20. The van der Waals surface area contributed by atoms with Crippen LogP contribution in [0.15, 0.2) is 55.1 Å². The van der Waals surface area contributed by atoms with Gasteiger partial charge in [0.25, 0.3) is 11.6 Å². The van der Waals surface area contributed by atoms with Gasteiger partial charge in [-0.05, 0) is 55.0 Å². The maximum atomic E-state index is 12.7. The van der Waals surface area contributed by atoms with Gasteiger partial charge in [0, 0.05) is 29.7 Å². The molecule has 1 aliphatic rings. The highest BCUT2D eigenvalue weighted by molar-refractivity contribution is 6.05. The first kappa shape index (κ1) is 17.0. The molecule has 0 fully saturated rings. The summed E-state index contributed by atoms with van der Waals surface area (Å²) in [5, 5.41) is 14.4. The van der Waals surface area contributed by atoms with E-state index in [9.17, 15) is 14.9 Å². The summed E-state index contributed by atoms with van der Waals surface area (Å²) in [6.07, 6.45) is 8.87. The number of rotatable bonds is 4. The van der Waals surface area contributed by atoms with Crippen LogP contribution < -0.4 is 5.32 Å². The van der Waals surface area contributed by atoms with Gasteiger partial charge in [-0.3, -0.25) is 14.9 Å². The largest absolute Gasteiger partial charge is 0.322 e. The van der Waals surface area contributed by atoms with E-state index in [4.69, 9.17) is 0 Å². The van der Waals surface area contributed by atoms with E-state index in [0.29, 0.717) is 5.69 Å². The van der Waals surface area contributed by atoms with Crippen LogP contribution in [0.2, 0.25) is 0 Å². The Morgan fingerprint density at radius 3 is 2.81 bits per heavy atom. The van der Waals surface area contributed by atoms with Crippen molar-refractivity contribution in [3.05, 3.63) is 81.9 Å². The van der Waals surface area contributed by atoms with Gasteiger partial charge in [-0.1, -0.05) is 12.1 Å². The van der Waals surface area contributed by atoms with Crippen molar-refractivity contribution >= 4 is 17.3 Å². The molecule has 7 heteroatoms. The van der Waals surface area contributed by atoms with E-state index in [1.165, 1.54) is 23.5 Å². The fraction of sp³-hybridized carbons (Fsp3) is 0.200. The Morgan fingerprint density at radius 1 is 1.19 bits per heavy atom. The summed E-state index contributed by atoms with van der Waals surface area (Å²) in [6, 6.07) is 10.4. The van der Waals surface area contributed by atoms with E-state index >= 15 is 0 Å².